The summed E-state index contributed by atoms with van der Waals surface area (Å²) in [5.41, 5.74) is 9.09. The number of rotatable bonds is 2. The van der Waals surface area contributed by atoms with Crippen molar-refractivity contribution in [1.29, 1.82) is 0 Å². The number of carbonyl (C=O) groups excluding carboxylic acids is 1. The number of hydrogen-bond donors (Lipinski definition) is 1. The summed E-state index contributed by atoms with van der Waals surface area (Å²) in [6.45, 7) is 4.99. The molecule has 0 radical (unpaired) electrons. The summed E-state index contributed by atoms with van der Waals surface area (Å²) in [5.74, 6) is 0.690. The molecule has 1 fully saturated rings. The van der Waals surface area contributed by atoms with Crippen LogP contribution in [0.5, 0.6) is 0 Å². The first kappa shape index (κ1) is 13.6. The number of nitrogens with zero attached hydrogens (tertiary/aromatic N) is 1. The van der Waals surface area contributed by atoms with Crippen molar-refractivity contribution in [2.45, 2.75) is 39.0 Å². The highest BCUT2D eigenvalue weighted by Crippen LogP contribution is 2.24. The Balaban J connectivity index is 1.68. The summed E-state index contributed by atoms with van der Waals surface area (Å²) < 4.78 is 5.40. The van der Waals surface area contributed by atoms with Gasteiger partial charge in [-0.1, -0.05) is 6.07 Å². The van der Waals surface area contributed by atoms with Crippen molar-refractivity contribution in [2.24, 2.45) is 11.7 Å². The van der Waals surface area contributed by atoms with E-state index in [2.05, 4.69) is 6.92 Å². The van der Waals surface area contributed by atoms with Gasteiger partial charge < -0.3 is 15.4 Å². The second kappa shape index (κ2) is 5.54. The summed E-state index contributed by atoms with van der Waals surface area (Å²) in [6.07, 6.45) is 2.02. The molecule has 2 aliphatic rings. The number of piperidine rings is 1. The van der Waals surface area contributed by atoms with Crippen molar-refractivity contribution in [2.75, 3.05) is 13.1 Å². The Labute approximate surface area is 119 Å². The molecule has 4 nitrogen and oxygen atoms in total. The standard InChI is InChI=1S/C16H22N2O2/c1-11(17)12-4-6-18(7-5-12)16(19)13-2-3-14-9-20-10-15(14)8-13/h2-3,8,11-12H,4-7,9-10,17H2,1H3. The molecule has 2 aliphatic heterocycles. The molecule has 1 saturated heterocycles. The van der Waals surface area contributed by atoms with Crippen molar-refractivity contribution < 1.29 is 9.53 Å². The number of fused-ring (bicyclic) bond motifs is 1. The van der Waals surface area contributed by atoms with Gasteiger partial charge in [0.2, 0.25) is 0 Å². The van der Waals surface area contributed by atoms with Gasteiger partial charge in [0.25, 0.3) is 5.91 Å². The van der Waals surface area contributed by atoms with Gasteiger partial charge in [-0.25, -0.2) is 0 Å². The van der Waals surface area contributed by atoms with Crippen molar-refractivity contribution in [3.63, 3.8) is 0 Å². The summed E-state index contributed by atoms with van der Waals surface area (Å²) in [5, 5.41) is 0. The minimum absolute atomic E-state index is 0.142. The van der Waals surface area contributed by atoms with E-state index in [1.54, 1.807) is 0 Å². The molecule has 1 amide bonds. The molecule has 0 saturated carbocycles. The summed E-state index contributed by atoms with van der Waals surface area (Å²) in [6, 6.07) is 6.16. The molecule has 3 rings (SSSR count). The average molecular weight is 274 g/mol. The van der Waals surface area contributed by atoms with Gasteiger partial charge in [0.05, 0.1) is 13.2 Å². The largest absolute Gasteiger partial charge is 0.372 e. The van der Waals surface area contributed by atoms with E-state index in [0.29, 0.717) is 19.1 Å². The lowest BCUT2D eigenvalue weighted by molar-refractivity contribution is 0.0681. The van der Waals surface area contributed by atoms with Crippen LogP contribution >= 0.6 is 0 Å². The van der Waals surface area contributed by atoms with Gasteiger partial charge >= 0.3 is 0 Å². The summed E-state index contributed by atoms with van der Waals surface area (Å²) >= 11 is 0. The van der Waals surface area contributed by atoms with Crippen molar-refractivity contribution in [3.05, 3.63) is 34.9 Å². The number of carbonyl (C=O) groups is 1. The molecule has 4 heteroatoms. The third-order valence-electron chi connectivity index (χ3n) is 4.54. The van der Waals surface area contributed by atoms with Crippen LogP contribution in [0.4, 0.5) is 0 Å². The second-order valence-electron chi connectivity index (χ2n) is 5.97. The van der Waals surface area contributed by atoms with Crippen LogP contribution in [0.15, 0.2) is 18.2 Å². The van der Waals surface area contributed by atoms with Crippen LogP contribution in [0.25, 0.3) is 0 Å². The lowest BCUT2D eigenvalue weighted by Gasteiger charge is -2.33. The van der Waals surface area contributed by atoms with Crippen molar-refractivity contribution >= 4 is 5.91 Å². The monoisotopic (exact) mass is 274 g/mol. The maximum atomic E-state index is 12.5. The highest BCUT2D eigenvalue weighted by atomic mass is 16.5. The minimum Gasteiger partial charge on any atom is -0.372 e. The molecule has 1 atom stereocenters. The number of nitrogens with two attached hydrogens (primary N) is 1. The van der Waals surface area contributed by atoms with Crippen molar-refractivity contribution in [1.82, 2.24) is 4.90 Å². The van der Waals surface area contributed by atoms with E-state index >= 15 is 0 Å². The number of amides is 1. The molecule has 0 aliphatic carbocycles. The number of benzene rings is 1. The molecule has 2 heterocycles. The molecule has 2 N–H and O–H groups in total. The van der Waals surface area contributed by atoms with Crippen LogP contribution < -0.4 is 5.73 Å². The third kappa shape index (κ3) is 2.58. The van der Waals surface area contributed by atoms with Crippen molar-refractivity contribution in [3.8, 4) is 0 Å². The normalized spacial score (nSPS) is 20.8. The first-order valence-corrected chi connectivity index (χ1v) is 7.39. The van der Waals surface area contributed by atoms with Gasteiger partial charge in [0.1, 0.15) is 0 Å². The van der Waals surface area contributed by atoms with E-state index in [-0.39, 0.29) is 11.9 Å². The first-order valence-electron chi connectivity index (χ1n) is 7.39. The van der Waals surface area contributed by atoms with Crippen LogP contribution in [0.3, 0.4) is 0 Å². The minimum atomic E-state index is 0.142. The number of ether oxygens (including phenoxy) is 1. The molecule has 0 bridgehead atoms. The first-order chi connectivity index (χ1) is 9.65. The second-order valence-corrected chi connectivity index (χ2v) is 5.97. The Morgan fingerprint density at radius 2 is 2.00 bits per heavy atom. The van der Waals surface area contributed by atoms with Crippen LogP contribution in [-0.2, 0) is 18.0 Å². The fourth-order valence-electron chi connectivity index (χ4n) is 3.12. The molecule has 20 heavy (non-hydrogen) atoms. The van der Waals surface area contributed by atoms with E-state index in [1.165, 1.54) is 5.56 Å². The van der Waals surface area contributed by atoms with E-state index < -0.39 is 0 Å². The molecule has 0 spiro atoms. The third-order valence-corrected chi connectivity index (χ3v) is 4.54. The van der Waals surface area contributed by atoms with E-state index in [0.717, 1.165) is 37.1 Å². The molecule has 108 valence electrons. The van der Waals surface area contributed by atoms with Gasteiger partial charge in [0, 0.05) is 24.7 Å². The van der Waals surface area contributed by atoms with Crippen LogP contribution in [0.1, 0.15) is 41.3 Å². The Morgan fingerprint density at radius 3 is 2.70 bits per heavy atom. The lowest BCUT2D eigenvalue weighted by Crippen LogP contribution is -2.42. The maximum Gasteiger partial charge on any atom is 0.253 e. The van der Waals surface area contributed by atoms with Gasteiger partial charge in [-0.05, 0) is 48.9 Å². The number of hydrogen-bond acceptors (Lipinski definition) is 3. The van der Waals surface area contributed by atoms with Crippen LogP contribution in [-0.4, -0.2) is 29.9 Å². The molecule has 0 aromatic heterocycles. The lowest BCUT2D eigenvalue weighted by atomic mass is 9.90. The highest BCUT2D eigenvalue weighted by molar-refractivity contribution is 5.94. The fourth-order valence-corrected chi connectivity index (χ4v) is 3.12. The Morgan fingerprint density at radius 1 is 1.30 bits per heavy atom. The predicted octanol–water partition coefficient (Wildman–Crippen LogP) is 1.92. The maximum absolute atomic E-state index is 12.5. The van der Waals surface area contributed by atoms with E-state index in [1.807, 2.05) is 23.1 Å². The highest BCUT2D eigenvalue weighted by Gasteiger charge is 2.26. The zero-order valence-electron chi connectivity index (χ0n) is 12.0. The number of likely N-dealkylation sites (tertiary alicyclic amines) is 1. The Bertz CT molecular complexity index is 505. The molecule has 1 unspecified atom stereocenters. The van der Waals surface area contributed by atoms with Crippen LogP contribution in [0.2, 0.25) is 0 Å². The SMILES string of the molecule is CC(N)C1CCN(C(=O)c2ccc3c(c2)COC3)CC1. The van der Waals surface area contributed by atoms with Gasteiger partial charge in [0.15, 0.2) is 0 Å². The zero-order valence-corrected chi connectivity index (χ0v) is 12.0. The van der Waals surface area contributed by atoms with E-state index in [9.17, 15) is 4.79 Å². The fraction of sp³-hybridized carbons (Fsp3) is 0.562. The quantitative estimate of drug-likeness (QED) is 0.896. The predicted molar refractivity (Wildman–Crippen MR) is 77.2 cm³/mol. The smallest absolute Gasteiger partial charge is 0.253 e. The summed E-state index contributed by atoms with van der Waals surface area (Å²) in [4.78, 5) is 14.5. The molecular weight excluding hydrogens is 252 g/mol. The van der Waals surface area contributed by atoms with Gasteiger partial charge in [-0.15, -0.1) is 0 Å². The topological polar surface area (TPSA) is 55.6 Å². The average Bonchev–Trinajstić information content (AvgIpc) is 2.94. The molecule has 1 aromatic rings. The summed E-state index contributed by atoms with van der Waals surface area (Å²) in [7, 11) is 0. The molecular formula is C16H22N2O2. The zero-order chi connectivity index (χ0) is 14.1. The Hall–Kier alpha value is -1.39. The van der Waals surface area contributed by atoms with Gasteiger partial charge in [-0.2, -0.15) is 0 Å². The Kier molecular flexibility index (Phi) is 3.76. The van der Waals surface area contributed by atoms with Gasteiger partial charge in [-0.3, -0.25) is 4.79 Å². The van der Waals surface area contributed by atoms with E-state index in [4.69, 9.17) is 10.5 Å². The molecule has 1 aromatic carbocycles. The van der Waals surface area contributed by atoms with Crippen LogP contribution in [0, 0.1) is 5.92 Å².